The van der Waals surface area contributed by atoms with E-state index in [-0.39, 0.29) is 36.2 Å². The Bertz CT molecular complexity index is 1190. The highest BCUT2D eigenvalue weighted by molar-refractivity contribution is 6.04. The third-order valence-corrected chi connectivity index (χ3v) is 4.67. The zero-order chi connectivity index (χ0) is 20.4. The molecule has 0 saturated carbocycles. The first-order valence-corrected chi connectivity index (χ1v) is 9.02. The van der Waals surface area contributed by atoms with Crippen LogP contribution in [0.5, 0.6) is 0 Å². The normalized spacial score (nSPS) is 10.3. The summed E-state index contributed by atoms with van der Waals surface area (Å²) < 4.78 is 2.31. The van der Waals surface area contributed by atoms with Gasteiger partial charge in [0.2, 0.25) is 0 Å². The van der Waals surface area contributed by atoms with Gasteiger partial charge in [-0.15, -0.1) is 24.8 Å². The van der Waals surface area contributed by atoms with Crippen molar-refractivity contribution in [1.82, 2.24) is 19.4 Å². The molecule has 30 heavy (non-hydrogen) atoms. The third-order valence-electron chi connectivity index (χ3n) is 4.67. The molecule has 2 N–H and O–H groups in total. The largest absolute Gasteiger partial charge is 0.332 e. The summed E-state index contributed by atoms with van der Waals surface area (Å²) in [6.07, 6.45) is 0. The molecule has 0 unspecified atom stereocenters. The lowest BCUT2D eigenvalue weighted by atomic mass is 10.1. The van der Waals surface area contributed by atoms with Crippen molar-refractivity contribution in [3.8, 4) is 0 Å². The Morgan fingerprint density at radius 1 is 1.10 bits per heavy atom. The van der Waals surface area contributed by atoms with Crippen molar-refractivity contribution in [2.45, 2.75) is 20.4 Å². The highest BCUT2D eigenvalue weighted by Crippen LogP contribution is 2.18. The van der Waals surface area contributed by atoms with Crippen molar-refractivity contribution in [2.24, 2.45) is 14.1 Å². The summed E-state index contributed by atoms with van der Waals surface area (Å²) in [5.74, 6) is -0.401. The number of halogens is 2. The van der Waals surface area contributed by atoms with Gasteiger partial charge in [0.05, 0.1) is 5.39 Å². The Balaban J connectivity index is 0.00000225. The fourth-order valence-corrected chi connectivity index (χ4v) is 3.09. The number of nitrogens with zero attached hydrogens (tertiary/aromatic N) is 3. The quantitative estimate of drug-likeness (QED) is 0.616. The first kappa shape index (κ1) is 25.4. The van der Waals surface area contributed by atoms with Gasteiger partial charge in [0, 0.05) is 26.3 Å². The molecule has 0 bridgehead atoms. The standard InChI is InChI=1S/C20H23N5O3.2ClH/c1-5-21-11-13-8-6-7-9-14(13)23-18(26)15-10-12(2)16-17(22-15)24(3)20(28)25(4)19(16)27;;/h6-10,21H,5,11H2,1-4H3,(H,23,26);2*1H. The number of nitrogens with one attached hydrogen (secondary N) is 2. The SMILES string of the molecule is CCNCc1ccccc1NC(=O)c1cc(C)c2c(=O)n(C)c(=O)n(C)c2n1.Cl.Cl. The van der Waals surface area contributed by atoms with E-state index < -0.39 is 17.2 Å². The van der Waals surface area contributed by atoms with Crippen molar-refractivity contribution in [3.63, 3.8) is 0 Å². The van der Waals surface area contributed by atoms with E-state index in [2.05, 4.69) is 15.6 Å². The Kier molecular flexibility index (Phi) is 8.77. The van der Waals surface area contributed by atoms with Crippen LogP contribution in [0.15, 0.2) is 39.9 Å². The number of rotatable bonds is 5. The van der Waals surface area contributed by atoms with Crippen molar-refractivity contribution in [2.75, 3.05) is 11.9 Å². The molecule has 10 heteroatoms. The van der Waals surface area contributed by atoms with E-state index in [1.54, 1.807) is 13.0 Å². The third kappa shape index (κ3) is 4.72. The van der Waals surface area contributed by atoms with Crippen molar-refractivity contribution in [3.05, 3.63) is 68.0 Å². The highest BCUT2D eigenvalue weighted by atomic mass is 35.5. The molecule has 0 spiro atoms. The summed E-state index contributed by atoms with van der Waals surface area (Å²) >= 11 is 0. The summed E-state index contributed by atoms with van der Waals surface area (Å²) in [7, 11) is 2.95. The molecule has 0 aliphatic carbocycles. The summed E-state index contributed by atoms with van der Waals surface area (Å²) in [4.78, 5) is 41.8. The van der Waals surface area contributed by atoms with Gasteiger partial charge in [-0.1, -0.05) is 25.1 Å². The molecule has 0 saturated heterocycles. The zero-order valence-electron chi connectivity index (χ0n) is 17.2. The first-order valence-electron chi connectivity index (χ1n) is 9.02. The van der Waals surface area contributed by atoms with Crippen LogP contribution in [0.4, 0.5) is 5.69 Å². The van der Waals surface area contributed by atoms with Crippen molar-refractivity contribution in [1.29, 1.82) is 0 Å². The molecule has 3 rings (SSSR count). The van der Waals surface area contributed by atoms with E-state index in [0.717, 1.165) is 16.7 Å². The van der Waals surface area contributed by atoms with Gasteiger partial charge in [0.1, 0.15) is 11.3 Å². The average molecular weight is 454 g/mol. The van der Waals surface area contributed by atoms with Crippen molar-refractivity contribution >= 4 is 47.4 Å². The number of pyridine rings is 1. The van der Waals surface area contributed by atoms with Gasteiger partial charge in [-0.3, -0.25) is 18.7 Å². The van der Waals surface area contributed by atoms with Gasteiger partial charge in [0.15, 0.2) is 0 Å². The van der Waals surface area contributed by atoms with E-state index in [4.69, 9.17) is 0 Å². The molecule has 3 aromatic rings. The highest BCUT2D eigenvalue weighted by Gasteiger charge is 2.17. The Labute approximate surface area is 186 Å². The lowest BCUT2D eigenvalue weighted by Crippen LogP contribution is -2.38. The predicted octanol–water partition coefficient (Wildman–Crippen LogP) is 2.15. The number of carbonyl (C=O) groups excluding carboxylic acids is 1. The van der Waals surface area contributed by atoms with Crippen LogP contribution in [0, 0.1) is 6.92 Å². The smallest absolute Gasteiger partial charge is 0.320 e. The van der Waals surface area contributed by atoms with E-state index in [0.29, 0.717) is 23.2 Å². The number of aryl methyl sites for hydroxylation is 2. The van der Waals surface area contributed by atoms with Crippen molar-refractivity contribution < 1.29 is 4.79 Å². The molecule has 2 aromatic heterocycles. The Morgan fingerprint density at radius 3 is 2.43 bits per heavy atom. The maximum absolute atomic E-state index is 12.8. The summed E-state index contributed by atoms with van der Waals surface area (Å²) in [5.41, 5.74) is 1.66. The minimum absolute atomic E-state index is 0. The van der Waals surface area contributed by atoms with Crippen LogP contribution in [-0.2, 0) is 20.6 Å². The van der Waals surface area contributed by atoms with Crippen LogP contribution in [0.1, 0.15) is 28.5 Å². The lowest BCUT2D eigenvalue weighted by molar-refractivity contribution is 0.102. The van der Waals surface area contributed by atoms with Gasteiger partial charge in [-0.25, -0.2) is 9.78 Å². The first-order chi connectivity index (χ1) is 13.3. The average Bonchev–Trinajstić information content (AvgIpc) is 2.69. The maximum Gasteiger partial charge on any atom is 0.332 e. The van der Waals surface area contributed by atoms with E-state index in [9.17, 15) is 14.4 Å². The van der Waals surface area contributed by atoms with E-state index in [1.165, 1.54) is 18.7 Å². The summed E-state index contributed by atoms with van der Waals surface area (Å²) in [6.45, 7) is 5.18. The minimum Gasteiger partial charge on any atom is -0.320 e. The molecular formula is C20H25Cl2N5O3. The maximum atomic E-state index is 12.8. The van der Waals surface area contributed by atoms with Crippen LogP contribution in [0.25, 0.3) is 11.0 Å². The summed E-state index contributed by atoms with van der Waals surface area (Å²) in [5, 5.41) is 6.44. The van der Waals surface area contributed by atoms with Crippen LogP contribution < -0.4 is 21.9 Å². The number of para-hydroxylation sites is 1. The molecule has 162 valence electrons. The summed E-state index contributed by atoms with van der Waals surface area (Å²) in [6, 6.07) is 9.08. The molecule has 0 radical (unpaired) electrons. The van der Waals surface area contributed by atoms with Crippen LogP contribution in [0.2, 0.25) is 0 Å². The van der Waals surface area contributed by atoms with Gasteiger partial charge in [-0.05, 0) is 36.7 Å². The number of fused-ring (bicyclic) bond motifs is 1. The second-order valence-electron chi connectivity index (χ2n) is 6.62. The topological polar surface area (TPSA) is 98.0 Å². The lowest BCUT2D eigenvalue weighted by Gasteiger charge is -2.13. The van der Waals surface area contributed by atoms with Crippen LogP contribution in [-0.4, -0.2) is 26.6 Å². The minimum atomic E-state index is -0.488. The zero-order valence-corrected chi connectivity index (χ0v) is 18.8. The molecule has 0 atom stereocenters. The molecule has 1 amide bonds. The number of aromatic nitrogens is 3. The number of carbonyl (C=O) groups is 1. The van der Waals surface area contributed by atoms with Crippen LogP contribution >= 0.6 is 24.8 Å². The van der Waals surface area contributed by atoms with Gasteiger partial charge >= 0.3 is 5.69 Å². The molecule has 1 aromatic carbocycles. The van der Waals surface area contributed by atoms with Gasteiger partial charge < -0.3 is 10.6 Å². The fourth-order valence-electron chi connectivity index (χ4n) is 3.09. The molecule has 8 nitrogen and oxygen atoms in total. The molecule has 2 heterocycles. The monoisotopic (exact) mass is 453 g/mol. The van der Waals surface area contributed by atoms with E-state index in [1.807, 2.05) is 31.2 Å². The molecule has 0 aliphatic heterocycles. The molecule has 0 fully saturated rings. The second kappa shape index (κ2) is 10.4. The number of benzene rings is 1. The number of amides is 1. The van der Waals surface area contributed by atoms with Gasteiger partial charge in [0.25, 0.3) is 11.5 Å². The second-order valence-corrected chi connectivity index (χ2v) is 6.62. The number of hydrogen-bond donors (Lipinski definition) is 2. The molecule has 0 aliphatic rings. The fraction of sp³-hybridized carbons (Fsp3) is 0.300. The number of hydrogen-bond acceptors (Lipinski definition) is 5. The Morgan fingerprint density at radius 2 is 1.77 bits per heavy atom. The van der Waals surface area contributed by atoms with Crippen LogP contribution in [0.3, 0.4) is 0 Å². The number of anilines is 1. The Hall–Kier alpha value is -2.68. The predicted molar refractivity (Wildman–Crippen MR) is 123 cm³/mol. The molecular weight excluding hydrogens is 429 g/mol. The van der Waals surface area contributed by atoms with E-state index >= 15 is 0 Å². The van der Waals surface area contributed by atoms with Gasteiger partial charge in [-0.2, -0.15) is 0 Å².